The zero-order chi connectivity index (χ0) is 13.7. The molecule has 0 atom stereocenters. The largest absolute Gasteiger partial charge is 0.497 e. The van der Waals surface area contributed by atoms with E-state index in [0.29, 0.717) is 0 Å². The van der Waals surface area contributed by atoms with E-state index in [-0.39, 0.29) is 0 Å². The molecular weight excluding hydrogens is 258 g/mol. The van der Waals surface area contributed by atoms with Crippen molar-refractivity contribution in [2.75, 3.05) is 44.7 Å². The molecule has 1 saturated heterocycles. The number of anilines is 1. The molecule has 0 spiro atoms. The molecule has 2 rings (SSSR count). The molecule has 0 unspecified atom stereocenters. The smallest absolute Gasteiger partial charge is 0.169 e. The third-order valence-electron chi connectivity index (χ3n) is 3.33. The maximum atomic E-state index is 5.34. The maximum absolute atomic E-state index is 5.34. The summed E-state index contributed by atoms with van der Waals surface area (Å²) >= 11 is 5.34. The van der Waals surface area contributed by atoms with Crippen LogP contribution in [0.25, 0.3) is 0 Å². The first kappa shape index (κ1) is 13.9. The number of nitrogens with one attached hydrogen (secondary N) is 1. The molecule has 1 heterocycles. The molecule has 1 fully saturated rings. The van der Waals surface area contributed by atoms with E-state index in [1.165, 1.54) is 5.69 Å². The monoisotopic (exact) mass is 279 g/mol. The van der Waals surface area contributed by atoms with Crippen LogP contribution < -0.4 is 15.0 Å². The van der Waals surface area contributed by atoms with Gasteiger partial charge in [0.15, 0.2) is 5.11 Å². The van der Waals surface area contributed by atoms with Gasteiger partial charge in [0.1, 0.15) is 5.75 Å². The topological polar surface area (TPSA) is 27.7 Å². The van der Waals surface area contributed by atoms with Gasteiger partial charge in [0, 0.05) is 38.4 Å². The van der Waals surface area contributed by atoms with Crippen molar-refractivity contribution in [2.45, 2.75) is 6.92 Å². The van der Waals surface area contributed by atoms with Crippen molar-refractivity contribution >= 4 is 23.0 Å². The van der Waals surface area contributed by atoms with Crippen molar-refractivity contribution in [1.29, 1.82) is 0 Å². The Hall–Kier alpha value is -1.49. The second kappa shape index (κ2) is 6.61. The van der Waals surface area contributed by atoms with Gasteiger partial charge in [-0.1, -0.05) is 0 Å². The van der Waals surface area contributed by atoms with Crippen LogP contribution in [0.15, 0.2) is 24.3 Å². The third-order valence-corrected chi connectivity index (χ3v) is 3.73. The fourth-order valence-electron chi connectivity index (χ4n) is 2.22. The lowest BCUT2D eigenvalue weighted by Gasteiger charge is -2.37. The number of ether oxygens (including phenoxy) is 1. The van der Waals surface area contributed by atoms with E-state index < -0.39 is 0 Å². The third kappa shape index (κ3) is 3.50. The van der Waals surface area contributed by atoms with E-state index in [4.69, 9.17) is 17.0 Å². The highest BCUT2D eigenvalue weighted by Gasteiger charge is 2.18. The Labute approximate surface area is 120 Å². The Morgan fingerprint density at radius 2 is 1.84 bits per heavy atom. The Kier molecular flexibility index (Phi) is 4.85. The van der Waals surface area contributed by atoms with Crippen molar-refractivity contribution < 1.29 is 4.74 Å². The highest BCUT2D eigenvalue weighted by molar-refractivity contribution is 7.80. The van der Waals surface area contributed by atoms with E-state index in [1.54, 1.807) is 7.11 Å². The molecule has 0 bridgehead atoms. The summed E-state index contributed by atoms with van der Waals surface area (Å²) in [7, 11) is 1.69. The summed E-state index contributed by atoms with van der Waals surface area (Å²) in [6.07, 6.45) is 0. The van der Waals surface area contributed by atoms with E-state index in [2.05, 4.69) is 34.2 Å². The van der Waals surface area contributed by atoms with Gasteiger partial charge in [-0.15, -0.1) is 0 Å². The molecule has 5 heteroatoms. The van der Waals surface area contributed by atoms with Crippen molar-refractivity contribution in [1.82, 2.24) is 10.2 Å². The van der Waals surface area contributed by atoms with Crippen LogP contribution in [0.2, 0.25) is 0 Å². The molecule has 0 radical (unpaired) electrons. The molecule has 1 aromatic carbocycles. The van der Waals surface area contributed by atoms with Crippen LogP contribution in [0.3, 0.4) is 0 Å². The second-order valence-electron chi connectivity index (χ2n) is 4.51. The molecular formula is C14H21N3OS. The predicted octanol–water partition coefficient (Wildman–Crippen LogP) is 1.71. The van der Waals surface area contributed by atoms with Crippen LogP contribution in [0.5, 0.6) is 5.75 Å². The Morgan fingerprint density at radius 1 is 1.21 bits per heavy atom. The van der Waals surface area contributed by atoms with Gasteiger partial charge >= 0.3 is 0 Å². The first-order valence-corrected chi connectivity index (χ1v) is 7.07. The van der Waals surface area contributed by atoms with E-state index in [9.17, 15) is 0 Å². The van der Waals surface area contributed by atoms with Crippen molar-refractivity contribution in [3.05, 3.63) is 24.3 Å². The summed E-state index contributed by atoms with van der Waals surface area (Å²) in [4.78, 5) is 4.61. The van der Waals surface area contributed by atoms with Crippen LogP contribution in [0.1, 0.15) is 6.92 Å². The lowest BCUT2D eigenvalue weighted by molar-refractivity contribution is 0.381. The van der Waals surface area contributed by atoms with E-state index in [1.807, 2.05) is 12.1 Å². The summed E-state index contributed by atoms with van der Waals surface area (Å²) in [5.41, 5.74) is 1.25. The van der Waals surface area contributed by atoms with Gasteiger partial charge in [-0.2, -0.15) is 0 Å². The molecule has 0 saturated carbocycles. The van der Waals surface area contributed by atoms with Crippen LogP contribution in [-0.4, -0.2) is 49.8 Å². The number of benzene rings is 1. The Balaban J connectivity index is 1.90. The number of thiocarbonyl (C=S) groups is 1. The molecule has 1 aliphatic heterocycles. The second-order valence-corrected chi connectivity index (χ2v) is 4.89. The van der Waals surface area contributed by atoms with Gasteiger partial charge < -0.3 is 19.9 Å². The standard InChI is InChI=1S/C14H21N3OS/c1-3-15-14(19)17-10-8-16(9-11-17)12-4-6-13(18-2)7-5-12/h4-7H,3,8-11H2,1-2H3,(H,15,19). The minimum Gasteiger partial charge on any atom is -0.497 e. The molecule has 104 valence electrons. The number of rotatable bonds is 3. The fourth-order valence-corrected chi connectivity index (χ4v) is 2.55. The van der Waals surface area contributed by atoms with Crippen molar-refractivity contribution in [3.8, 4) is 5.75 Å². The number of methoxy groups -OCH3 is 1. The highest BCUT2D eigenvalue weighted by Crippen LogP contribution is 2.20. The average Bonchev–Trinajstić information content (AvgIpc) is 2.48. The van der Waals surface area contributed by atoms with Gasteiger partial charge in [-0.25, -0.2) is 0 Å². The number of hydrogen-bond donors (Lipinski definition) is 1. The van der Waals surface area contributed by atoms with Crippen LogP contribution >= 0.6 is 12.2 Å². The van der Waals surface area contributed by atoms with Gasteiger partial charge in [-0.3, -0.25) is 0 Å². The van der Waals surface area contributed by atoms with Gasteiger partial charge in [0.05, 0.1) is 7.11 Å². The Bertz CT molecular complexity index is 413. The lowest BCUT2D eigenvalue weighted by Crippen LogP contribution is -2.51. The Morgan fingerprint density at radius 3 is 2.37 bits per heavy atom. The zero-order valence-electron chi connectivity index (χ0n) is 11.6. The molecule has 19 heavy (non-hydrogen) atoms. The average molecular weight is 279 g/mol. The fraction of sp³-hybridized carbons (Fsp3) is 0.500. The summed E-state index contributed by atoms with van der Waals surface area (Å²) < 4.78 is 5.18. The number of nitrogens with zero attached hydrogens (tertiary/aromatic N) is 2. The molecule has 1 aliphatic rings. The quantitative estimate of drug-likeness (QED) is 0.850. The first-order chi connectivity index (χ1) is 9.24. The number of piperazine rings is 1. The first-order valence-electron chi connectivity index (χ1n) is 6.66. The molecule has 4 nitrogen and oxygen atoms in total. The minimum absolute atomic E-state index is 0.872. The van der Waals surface area contributed by atoms with Gasteiger partial charge in [0.25, 0.3) is 0 Å². The lowest BCUT2D eigenvalue weighted by atomic mass is 10.2. The van der Waals surface area contributed by atoms with Crippen molar-refractivity contribution in [3.63, 3.8) is 0 Å². The summed E-state index contributed by atoms with van der Waals surface area (Å²) in [6.45, 7) is 6.89. The van der Waals surface area contributed by atoms with E-state index in [0.717, 1.165) is 43.6 Å². The minimum atomic E-state index is 0.872. The SMILES string of the molecule is CCNC(=S)N1CCN(c2ccc(OC)cc2)CC1. The molecule has 0 aromatic heterocycles. The van der Waals surface area contributed by atoms with Crippen LogP contribution in [-0.2, 0) is 0 Å². The normalized spacial score (nSPS) is 15.3. The summed E-state index contributed by atoms with van der Waals surface area (Å²) in [6, 6.07) is 8.23. The summed E-state index contributed by atoms with van der Waals surface area (Å²) in [5.74, 6) is 0.899. The highest BCUT2D eigenvalue weighted by atomic mass is 32.1. The molecule has 0 amide bonds. The summed E-state index contributed by atoms with van der Waals surface area (Å²) in [5, 5.41) is 4.08. The molecule has 0 aliphatic carbocycles. The van der Waals surface area contributed by atoms with Gasteiger partial charge in [0.2, 0.25) is 0 Å². The molecule has 1 aromatic rings. The van der Waals surface area contributed by atoms with Gasteiger partial charge in [-0.05, 0) is 43.4 Å². The number of hydrogen-bond acceptors (Lipinski definition) is 3. The molecule has 1 N–H and O–H groups in total. The van der Waals surface area contributed by atoms with Crippen LogP contribution in [0.4, 0.5) is 5.69 Å². The van der Waals surface area contributed by atoms with Crippen LogP contribution in [0, 0.1) is 0 Å². The van der Waals surface area contributed by atoms with Crippen molar-refractivity contribution in [2.24, 2.45) is 0 Å². The van der Waals surface area contributed by atoms with E-state index >= 15 is 0 Å². The zero-order valence-corrected chi connectivity index (χ0v) is 12.4. The maximum Gasteiger partial charge on any atom is 0.169 e. The predicted molar refractivity (Wildman–Crippen MR) is 83.1 cm³/mol.